The van der Waals surface area contributed by atoms with E-state index in [0.717, 1.165) is 52.7 Å². The molecule has 8 heteroatoms. The molecular formula is C28H24N2O4S2. The lowest BCUT2D eigenvalue weighted by Gasteiger charge is -2.09. The molecule has 0 saturated carbocycles. The van der Waals surface area contributed by atoms with Gasteiger partial charge in [-0.15, -0.1) is 22.7 Å². The Balaban J connectivity index is 1.55. The number of carboxylic acids is 2. The molecule has 182 valence electrons. The number of rotatable bonds is 10. The summed E-state index contributed by atoms with van der Waals surface area (Å²) in [5.74, 6) is -1.56. The van der Waals surface area contributed by atoms with Crippen LogP contribution >= 0.6 is 22.7 Å². The molecule has 2 aromatic carbocycles. The molecule has 36 heavy (non-hydrogen) atoms. The van der Waals surface area contributed by atoms with Crippen LogP contribution in [0.25, 0.3) is 42.9 Å². The summed E-state index contributed by atoms with van der Waals surface area (Å²) in [4.78, 5) is 36.2. The molecule has 2 N–H and O–H groups in total. The first-order chi connectivity index (χ1) is 17.5. The van der Waals surface area contributed by atoms with E-state index in [4.69, 9.17) is 20.2 Å². The minimum Gasteiger partial charge on any atom is -0.481 e. The summed E-state index contributed by atoms with van der Waals surface area (Å²) >= 11 is 3.25. The Labute approximate surface area is 215 Å². The van der Waals surface area contributed by atoms with Crippen LogP contribution in [0.4, 0.5) is 0 Å². The number of benzene rings is 2. The van der Waals surface area contributed by atoms with Crippen molar-refractivity contribution in [3.63, 3.8) is 0 Å². The first kappa shape index (κ1) is 24.1. The lowest BCUT2D eigenvalue weighted by Crippen LogP contribution is -1.95. The molecule has 0 radical (unpaired) electrons. The third-order valence-electron chi connectivity index (χ3n) is 5.95. The zero-order valence-corrected chi connectivity index (χ0v) is 21.1. The number of aliphatic carboxylic acids is 2. The van der Waals surface area contributed by atoms with Crippen molar-refractivity contribution in [3.05, 3.63) is 70.4 Å². The number of hydrogen-bond donors (Lipinski definition) is 2. The van der Waals surface area contributed by atoms with Crippen molar-refractivity contribution >= 4 is 56.4 Å². The molecule has 5 aromatic rings. The van der Waals surface area contributed by atoms with Gasteiger partial charge in [-0.1, -0.05) is 24.3 Å². The number of carbonyl (C=O) groups is 2. The number of fused-ring (bicyclic) bond motifs is 2. The van der Waals surface area contributed by atoms with Gasteiger partial charge in [0.25, 0.3) is 0 Å². The zero-order valence-electron chi connectivity index (χ0n) is 19.4. The van der Waals surface area contributed by atoms with E-state index in [2.05, 4.69) is 24.3 Å². The normalized spacial score (nSPS) is 11.3. The Morgan fingerprint density at radius 3 is 1.53 bits per heavy atom. The van der Waals surface area contributed by atoms with Crippen molar-refractivity contribution in [2.24, 2.45) is 0 Å². The van der Waals surface area contributed by atoms with Crippen molar-refractivity contribution in [1.29, 1.82) is 0 Å². The van der Waals surface area contributed by atoms with E-state index in [1.165, 1.54) is 0 Å². The number of thiophene rings is 2. The lowest BCUT2D eigenvalue weighted by atomic mass is 10.1. The van der Waals surface area contributed by atoms with Crippen LogP contribution < -0.4 is 0 Å². The molecular weight excluding hydrogens is 492 g/mol. The van der Waals surface area contributed by atoms with Crippen molar-refractivity contribution < 1.29 is 19.8 Å². The van der Waals surface area contributed by atoms with Gasteiger partial charge in [0, 0.05) is 22.6 Å². The fourth-order valence-electron chi connectivity index (χ4n) is 4.19. The predicted molar refractivity (Wildman–Crippen MR) is 145 cm³/mol. The molecule has 0 spiro atoms. The molecule has 3 aromatic heterocycles. The van der Waals surface area contributed by atoms with Gasteiger partial charge in [-0.2, -0.15) is 0 Å². The second-order valence-corrected chi connectivity index (χ2v) is 11.0. The van der Waals surface area contributed by atoms with E-state index in [9.17, 15) is 9.59 Å². The molecule has 0 bridgehead atoms. The average Bonchev–Trinajstić information content (AvgIpc) is 3.51. The van der Waals surface area contributed by atoms with E-state index >= 15 is 0 Å². The Morgan fingerprint density at radius 2 is 1.11 bits per heavy atom. The van der Waals surface area contributed by atoms with Crippen molar-refractivity contribution in [2.75, 3.05) is 0 Å². The van der Waals surface area contributed by atoms with Crippen LogP contribution in [0, 0.1) is 0 Å². The van der Waals surface area contributed by atoms with Crippen LogP contribution in [-0.2, 0) is 22.4 Å². The second kappa shape index (κ2) is 10.6. The Kier molecular flexibility index (Phi) is 7.06. The first-order valence-electron chi connectivity index (χ1n) is 11.8. The van der Waals surface area contributed by atoms with Gasteiger partial charge in [0.2, 0.25) is 0 Å². The summed E-state index contributed by atoms with van der Waals surface area (Å²) in [6.45, 7) is 0. The molecule has 0 saturated heterocycles. The molecule has 0 atom stereocenters. The van der Waals surface area contributed by atoms with Crippen LogP contribution in [0.5, 0.6) is 0 Å². The van der Waals surface area contributed by atoms with Crippen molar-refractivity contribution in [2.45, 2.75) is 38.5 Å². The van der Waals surface area contributed by atoms with Crippen LogP contribution in [0.3, 0.4) is 0 Å². The molecule has 6 nitrogen and oxygen atoms in total. The van der Waals surface area contributed by atoms with E-state index in [1.54, 1.807) is 22.7 Å². The number of carboxylic acid groups (broad SMARTS) is 2. The summed E-state index contributed by atoms with van der Waals surface area (Å²) < 4.78 is 0. The highest BCUT2D eigenvalue weighted by Gasteiger charge is 2.17. The maximum Gasteiger partial charge on any atom is 0.303 e. The smallest absolute Gasteiger partial charge is 0.303 e. The maximum absolute atomic E-state index is 10.9. The third-order valence-corrected chi connectivity index (χ3v) is 8.25. The summed E-state index contributed by atoms with van der Waals surface area (Å²) in [5, 5.41) is 20.1. The second-order valence-electron chi connectivity index (χ2n) is 8.64. The molecule has 5 rings (SSSR count). The predicted octanol–water partition coefficient (Wildman–Crippen LogP) is 7.05. The van der Waals surface area contributed by atoms with Crippen LogP contribution in [0.15, 0.2) is 60.7 Å². The third kappa shape index (κ3) is 5.45. The summed E-state index contributed by atoms with van der Waals surface area (Å²) in [7, 11) is 0. The van der Waals surface area contributed by atoms with E-state index in [0.29, 0.717) is 25.7 Å². The highest BCUT2D eigenvalue weighted by Crippen LogP contribution is 2.39. The highest BCUT2D eigenvalue weighted by atomic mass is 32.1. The summed E-state index contributed by atoms with van der Waals surface area (Å²) in [5.41, 5.74) is 3.27. The number of nitrogens with zero attached hydrogens (tertiary/aromatic N) is 2. The van der Waals surface area contributed by atoms with Gasteiger partial charge in [0.15, 0.2) is 0 Å². The van der Waals surface area contributed by atoms with Gasteiger partial charge < -0.3 is 10.2 Å². The average molecular weight is 517 g/mol. The molecule has 0 aliphatic carbocycles. The quantitative estimate of drug-likeness (QED) is 0.193. The van der Waals surface area contributed by atoms with Gasteiger partial charge in [0.05, 0.1) is 20.8 Å². The number of aromatic nitrogens is 2. The monoisotopic (exact) mass is 516 g/mol. The van der Waals surface area contributed by atoms with Crippen LogP contribution in [0.2, 0.25) is 0 Å². The van der Waals surface area contributed by atoms with Gasteiger partial charge in [-0.05, 0) is 72.9 Å². The largest absolute Gasteiger partial charge is 0.481 e. The fourth-order valence-corrected chi connectivity index (χ4v) is 6.27. The van der Waals surface area contributed by atoms with Crippen molar-refractivity contribution in [3.8, 4) is 21.1 Å². The molecule has 0 aliphatic rings. The molecule has 3 heterocycles. The van der Waals surface area contributed by atoms with Gasteiger partial charge >= 0.3 is 11.9 Å². The van der Waals surface area contributed by atoms with Crippen molar-refractivity contribution in [1.82, 2.24) is 9.97 Å². The minimum atomic E-state index is -0.779. The molecule has 0 amide bonds. The van der Waals surface area contributed by atoms with Crippen LogP contribution in [-0.4, -0.2) is 32.1 Å². The van der Waals surface area contributed by atoms with Gasteiger partial charge in [-0.3, -0.25) is 9.59 Å². The highest BCUT2D eigenvalue weighted by molar-refractivity contribution is 7.16. The van der Waals surface area contributed by atoms with Gasteiger partial charge in [0.1, 0.15) is 11.4 Å². The zero-order chi connectivity index (χ0) is 25.1. The summed E-state index contributed by atoms with van der Waals surface area (Å²) in [6, 6.07) is 20.5. The van der Waals surface area contributed by atoms with E-state index < -0.39 is 11.9 Å². The van der Waals surface area contributed by atoms with E-state index in [1.807, 2.05) is 36.4 Å². The van der Waals surface area contributed by atoms with Gasteiger partial charge in [-0.25, -0.2) is 9.97 Å². The number of aryl methyl sites for hydroxylation is 2. The standard InChI is InChI=1S/C28H24N2O4S2/c31-25(32)9-3-7-19-11-13-23(35-19)27-28(24-14-12-20(36-24)8-4-10-26(33)34)30-22-16-18-6-2-1-5-17(18)15-21(22)29-27/h1-2,5-6,11-16H,3-4,7-10H2,(H,31,32)(H,33,34). The molecule has 0 aliphatic heterocycles. The Hall–Kier alpha value is -3.62. The summed E-state index contributed by atoms with van der Waals surface area (Å²) in [6.07, 6.45) is 2.93. The molecule has 0 unspecified atom stereocenters. The molecule has 0 fully saturated rings. The van der Waals surface area contributed by atoms with Crippen LogP contribution in [0.1, 0.15) is 35.4 Å². The minimum absolute atomic E-state index is 0.154. The SMILES string of the molecule is O=C(O)CCCc1ccc(-c2nc3cc4ccccc4cc3nc2-c2ccc(CCCC(=O)O)s2)s1. The topological polar surface area (TPSA) is 100 Å². The Bertz CT molecular complexity index is 1450. The number of hydrogen-bond acceptors (Lipinski definition) is 6. The van der Waals surface area contributed by atoms with E-state index in [-0.39, 0.29) is 12.8 Å². The Morgan fingerprint density at radius 1 is 0.667 bits per heavy atom. The maximum atomic E-state index is 10.9. The lowest BCUT2D eigenvalue weighted by molar-refractivity contribution is -0.138. The fraction of sp³-hybridized carbons (Fsp3) is 0.214. The first-order valence-corrected chi connectivity index (χ1v) is 13.4.